The molecule has 0 saturated heterocycles. The standard InChI is InChI=1S/C17H21N/c1-4-16(8-7-15(3)13-18)11-12-17-9-5-14(2)6-10-17/h5-11,15H,4,12H2,1-3H3/b8-7-,16-11-/t15-/m0/s1. The zero-order valence-electron chi connectivity index (χ0n) is 11.5. The van der Waals surface area contributed by atoms with Crippen molar-refractivity contribution in [1.29, 1.82) is 5.26 Å². The Labute approximate surface area is 110 Å². The second-order valence-electron chi connectivity index (χ2n) is 4.60. The van der Waals surface area contributed by atoms with Crippen molar-refractivity contribution < 1.29 is 0 Å². The van der Waals surface area contributed by atoms with Crippen molar-refractivity contribution in [2.45, 2.75) is 33.6 Å². The Balaban J connectivity index is 2.66. The minimum atomic E-state index is -0.0145. The van der Waals surface area contributed by atoms with Gasteiger partial charge in [-0.3, -0.25) is 0 Å². The number of hydrogen-bond donors (Lipinski definition) is 0. The molecule has 94 valence electrons. The maximum atomic E-state index is 8.73. The highest BCUT2D eigenvalue weighted by Crippen LogP contribution is 2.10. The van der Waals surface area contributed by atoms with Gasteiger partial charge in [0.1, 0.15) is 0 Å². The van der Waals surface area contributed by atoms with Gasteiger partial charge >= 0.3 is 0 Å². The molecule has 0 aliphatic rings. The molecule has 1 nitrogen and oxygen atoms in total. The summed E-state index contributed by atoms with van der Waals surface area (Å²) in [5.74, 6) is -0.0145. The summed E-state index contributed by atoms with van der Waals surface area (Å²) in [5.41, 5.74) is 3.91. The molecule has 0 spiro atoms. The molecule has 0 heterocycles. The van der Waals surface area contributed by atoms with Crippen molar-refractivity contribution in [3.05, 3.63) is 59.2 Å². The maximum absolute atomic E-state index is 8.73. The van der Waals surface area contributed by atoms with Crippen LogP contribution in [0.4, 0.5) is 0 Å². The number of aryl methyl sites for hydroxylation is 1. The quantitative estimate of drug-likeness (QED) is 0.689. The number of nitriles is 1. The highest BCUT2D eigenvalue weighted by molar-refractivity contribution is 5.27. The lowest BCUT2D eigenvalue weighted by atomic mass is 10.0. The first kappa shape index (κ1) is 14.3. The van der Waals surface area contributed by atoms with E-state index in [0.717, 1.165) is 12.8 Å². The van der Waals surface area contributed by atoms with Crippen LogP contribution in [0.25, 0.3) is 0 Å². The molecule has 0 aromatic heterocycles. The van der Waals surface area contributed by atoms with Gasteiger partial charge in [-0.15, -0.1) is 0 Å². The van der Waals surface area contributed by atoms with Crippen molar-refractivity contribution >= 4 is 0 Å². The molecule has 1 atom stereocenters. The van der Waals surface area contributed by atoms with Gasteiger partial charge in [-0.05, 0) is 32.3 Å². The normalized spacial score (nSPS) is 13.6. The van der Waals surface area contributed by atoms with Gasteiger partial charge in [0, 0.05) is 0 Å². The summed E-state index contributed by atoms with van der Waals surface area (Å²) in [4.78, 5) is 0. The fourth-order valence-corrected chi connectivity index (χ4v) is 1.61. The van der Waals surface area contributed by atoms with E-state index in [1.54, 1.807) is 0 Å². The predicted molar refractivity (Wildman–Crippen MR) is 77.2 cm³/mol. The third-order valence-corrected chi connectivity index (χ3v) is 2.93. The summed E-state index contributed by atoms with van der Waals surface area (Å²) < 4.78 is 0. The van der Waals surface area contributed by atoms with Crippen molar-refractivity contribution in [2.75, 3.05) is 0 Å². The van der Waals surface area contributed by atoms with Crippen LogP contribution < -0.4 is 0 Å². The lowest BCUT2D eigenvalue weighted by molar-refractivity contribution is 0.950. The van der Waals surface area contributed by atoms with Crippen LogP contribution in [0.2, 0.25) is 0 Å². The van der Waals surface area contributed by atoms with Crippen LogP contribution in [0.5, 0.6) is 0 Å². The number of benzene rings is 1. The summed E-state index contributed by atoms with van der Waals surface area (Å²) in [6.07, 6.45) is 8.23. The van der Waals surface area contributed by atoms with Crippen molar-refractivity contribution in [2.24, 2.45) is 5.92 Å². The van der Waals surface area contributed by atoms with E-state index in [-0.39, 0.29) is 5.92 Å². The lowest BCUT2D eigenvalue weighted by Crippen LogP contribution is -1.86. The molecule has 18 heavy (non-hydrogen) atoms. The first-order chi connectivity index (χ1) is 8.65. The topological polar surface area (TPSA) is 23.8 Å². The second kappa shape index (κ2) is 7.50. The van der Waals surface area contributed by atoms with Crippen LogP contribution >= 0.6 is 0 Å². The molecular formula is C17H21N. The molecular weight excluding hydrogens is 218 g/mol. The summed E-state index contributed by atoms with van der Waals surface area (Å²) >= 11 is 0. The van der Waals surface area contributed by atoms with Gasteiger partial charge in [0.05, 0.1) is 12.0 Å². The Morgan fingerprint density at radius 3 is 2.56 bits per heavy atom. The highest BCUT2D eigenvalue weighted by atomic mass is 14.2. The van der Waals surface area contributed by atoms with Crippen LogP contribution in [0, 0.1) is 24.2 Å². The molecule has 0 saturated carbocycles. The average molecular weight is 239 g/mol. The van der Waals surface area contributed by atoms with E-state index in [1.807, 2.05) is 13.0 Å². The zero-order valence-corrected chi connectivity index (χ0v) is 11.5. The van der Waals surface area contributed by atoms with Crippen molar-refractivity contribution in [3.8, 4) is 6.07 Å². The fourth-order valence-electron chi connectivity index (χ4n) is 1.61. The maximum Gasteiger partial charge on any atom is 0.0694 e. The summed E-state index contributed by atoms with van der Waals surface area (Å²) in [6, 6.07) is 10.8. The SMILES string of the molecule is CCC(/C=C\[C@H](C)C#N)=C/Cc1ccc(C)cc1. The number of hydrogen-bond acceptors (Lipinski definition) is 1. The Bertz CT molecular complexity index is 457. The van der Waals surface area contributed by atoms with Gasteiger partial charge in [0.2, 0.25) is 0 Å². The third kappa shape index (κ3) is 5.01. The van der Waals surface area contributed by atoms with Crippen molar-refractivity contribution in [3.63, 3.8) is 0 Å². The molecule has 1 aromatic rings. The van der Waals surface area contributed by atoms with Crippen molar-refractivity contribution in [1.82, 2.24) is 0 Å². The monoisotopic (exact) mass is 239 g/mol. The van der Waals surface area contributed by atoms with E-state index in [2.05, 4.69) is 56.3 Å². The van der Waals surface area contributed by atoms with Crippen LogP contribution in [0.3, 0.4) is 0 Å². The summed E-state index contributed by atoms with van der Waals surface area (Å²) in [6.45, 7) is 6.15. The van der Waals surface area contributed by atoms with E-state index >= 15 is 0 Å². The van der Waals surface area contributed by atoms with E-state index in [0.29, 0.717) is 0 Å². The second-order valence-corrected chi connectivity index (χ2v) is 4.60. The van der Waals surface area contributed by atoms with Crippen LogP contribution in [-0.2, 0) is 6.42 Å². The fraction of sp³-hybridized carbons (Fsp3) is 0.353. The Hall–Kier alpha value is -1.81. The number of allylic oxidation sites excluding steroid dienone is 4. The highest BCUT2D eigenvalue weighted by Gasteiger charge is 1.94. The molecule has 0 unspecified atom stereocenters. The van der Waals surface area contributed by atoms with E-state index in [1.165, 1.54) is 16.7 Å². The first-order valence-corrected chi connectivity index (χ1v) is 6.48. The molecule has 0 aliphatic carbocycles. The Kier molecular flexibility index (Phi) is 5.94. The molecule has 0 N–H and O–H groups in total. The summed E-state index contributed by atoms with van der Waals surface area (Å²) in [5, 5.41) is 8.73. The van der Waals surface area contributed by atoms with Crippen LogP contribution in [0.15, 0.2) is 48.1 Å². The molecule has 1 aromatic carbocycles. The lowest BCUT2D eigenvalue weighted by Gasteiger charge is -2.01. The Morgan fingerprint density at radius 1 is 1.33 bits per heavy atom. The molecule has 0 radical (unpaired) electrons. The predicted octanol–water partition coefficient (Wildman–Crippen LogP) is 4.59. The van der Waals surface area contributed by atoms with E-state index in [4.69, 9.17) is 5.26 Å². The summed E-state index contributed by atoms with van der Waals surface area (Å²) in [7, 11) is 0. The molecule has 0 amide bonds. The minimum Gasteiger partial charge on any atom is -0.198 e. The molecule has 1 heteroatoms. The number of nitrogens with zero attached hydrogens (tertiary/aromatic N) is 1. The van der Waals surface area contributed by atoms with E-state index < -0.39 is 0 Å². The first-order valence-electron chi connectivity index (χ1n) is 6.48. The number of rotatable bonds is 5. The minimum absolute atomic E-state index is 0.0145. The van der Waals surface area contributed by atoms with Gasteiger partial charge in [-0.2, -0.15) is 5.26 Å². The molecule has 0 aliphatic heterocycles. The largest absolute Gasteiger partial charge is 0.198 e. The van der Waals surface area contributed by atoms with Crippen LogP contribution in [-0.4, -0.2) is 0 Å². The average Bonchev–Trinajstić information content (AvgIpc) is 2.40. The van der Waals surface area contributed by atoms with E-state index in [9.17, 15) is 0 Å². The van der Waals surface area contributed by atoms with Gasteiger partial charge in [0.25, 0.3) is 0 Å². The van der Waals surface area contributed by atoms with Gasteiger partial charge in [0.15, 0.2) is 0 Å². The Morgan fingerprint density at radius 2 is 2.00 bits per heavy atom. The smallest absolute Gasteiger partial charge is 0.0694 e. The third-order valence-electron chi connectivity index (χ3n) is 2.93. The molecule has 1 rings (SSSR count). The van der Waals surface area contributed by atoms with Gasteiger partial charge < -0.3 is 0 Å². The van der Waals surface area contributed by atoms with Crippen LogP contribution in [0.1, 0.15) is 31.4 Å². The molecule has 0 fully saturated rings. The van der Waals surface area contributed by atoms with Gasteiger partial charge in [-0.1, -0.05) is 60.6 Å². The van der Waals surface area contributed by atoms with Gasteiger partial charge in [-0.25, -0.2) is 0 Å². The molecule has 0 bridgehead atoms. The zero-order chi connectivity index (χ0) is 13.4.